The molecule has 6 rings (SSSR count). The van der Waals surface area contributed by atoms with Crippen LogP contribution in [0.4, 0.5) is 5.69 Å². The minimum Gasteiger partial charge on any atom is -0.508 e. The lowest BCUT2D eigenvalue weighted by molar-refractivity contribution is -0.221. The van der Waals surface area contributed by atoms with Gasteiger partial charge in [0.2, 0.25) is 11.8 Å². The number of phenols is 1. The highest BCUT2D eigenvalue weighted by Gasteiger charge is 2.62. The van der Waals surface area contributed by atoms with Gasteiger partial charge in [-0.25, -0.2) is 0 Å². The largest absolute Gasteiger partial charge is 0.508 e. The molecule has 4 saturated carbocycles. The number of anilines is 1. The first-order valence-electron chi connectivity index (χ1n) is 13.0. The number of benzene rings is 1. The number of rotatable bonds is 6. The Kier molecular flexibility index (Phi) is 5.57. The minimum atomic E-state index is -1.09. The second-order valence-corrected chi connectivity index (χ2v) is 11.6. The molecule has 0 radical (unpaired) electrons. The number of esters is 1. The summed E-state index contributed by atoms with van der Waals surface area (Å²) in [6, 6.07) is 6.03. The van der Waals surface area contributed by atoms with E-state index in [2.05, 4.69) is 6.92 Å². The van der Waals surface area contributed by atoms with Gasteiger partial charge in [0, 0.05) is 5.92 Å². The van der Waals surface area contributed by atoms with Crippen molar-refractivity contribution in [2.45, 2.75) is 78.2 Å². The fraction of sp³-hybridized carbons (Fsp3) is 0.679. The Morgan fingerprint density at radius 3 is 2.09 bits per heavy atom. The van der Waals surface area contributed by atoms with Gasteiger partial charge in [-0.3, -0.25) is 19.3 Å². The molecule has 1 aromatic rings. The van der Waals surface area contributed by atoms with Gasteiger partial charge in [-0.2, -0.15) is 0 Å². The van der Waals surface area contributed by atoms with E-state index in [4.69, 9.17) is 4.74 Å². The van der Waals surface area contributed by atoms with E-state index < -0.39 is 22.9 Å². The summed E-state index contributed by atoms with van der Waals surface area (Å²) in [6.07, 6.45) is 7.12. The zero-order valence-electron chi connectivity index (χ0n) is 20.8. The molecule has 184 valence electrons. The third-order valence-electron chi connectivity index (χ3n) is 9.95. The second kappa shape index (κ2) is 8.10. The maximum absolute atomic E-state index is 14.0. The Balaban J connectivity index is 1.44. The molecule has 1 saturated heterocycles. The molecule has 5 fully saturated rings. The van der Waals surface area contributed by atoms with Crippen LogP contribution in [0.2, 0.25) is 0 Å². The Bertz CT molecular complexity index is 973. The Hall–Kier alpha value is -2.37. The van der Waals surface area contributed by atoms with Crippen LogP contribution >= 0.6 is 0 Å². The van der Waals surface area contributed by atoms with Gasteiger partial charge in [0.05, 0.1) is 17.0 Å². The highest BCUT2D eigenvalue weighted by molar-refractivity contribution is 6.23. The molecule has 1 heterocycles. The summed E-state index contributed by atoms with van der Waals surface area (Å²) in [5, 5.41) is 9.62. The molecule has 6 heteroatoms. The smallest absolute Gasteiger partial charge is 0.313 e. The van der Waals surface area contributed by atoms with Crippen molar-refractivity contribution in [2.75, 3.05) is 4.90 Å². The monoisotopic (exact) mass is 467 g/mol. The number of ether oxygens (including phenoxy) is 1. The van der Waals surface area contributed by atoms with Gasteiger partial charge in [-0.05, 0) is 99.8 Å². The maximum atomic E-state index is 14.0. The van der Waals surface area contributed by atoms with E-state index in [0.29, 0.717) is 23.9 Å². The zero-order valence-corrected chi connectivity index (χ0v) is 20.8. The molecule has 4 aliphatic carbocycles. The number of hydrogen-bond acceptors (Lipinski definition) is 5. The Labute approximate surface area is 202 Å². The average Bonchev–Trinajstić information content (AvgIpc) is 3.04. The standard InChI is InChI=1S/C28H37NO5/c1-5-27(4,23-16(3)24(31)29(25(23)32)21-7-9-22(30)10-8-21)26(33)34-28(6-2)19-12-17-11-18(14-19)15-20(28)13-17/h7-10,16-20,23,30H,5-6,11-15H2,1-4H3. The van der Waals surface area contributed by atoms with Gasteiger partial charge in [-0.15, -0.1) is 0 Å². The molecule has 0 spiro atoms. The molecular formula is C28H37NO5. The summed E-state index contributed by atoms with van der Waals surface area (Å²) in [5.74, 6) is 0.0128. The van der Waals surface area contributed by atoms with Crippen LogP contribution in [-0.2, 0) is 19.1 Å². The first-order chi connectivity index (χ1) is 16.1. The molecule has 1 aliphatic heterocycles. The number of hydrogen-bond donors (Lipinski definition) is 1. The van der Waals surface area contributed by atoms with Gasteiger partial charge < -0.3 is 9.84 Å². The SMILES string of the molecule is CCC(C)(C(=O)OC1(CC)C2CC3CC(C2)CC1C3)C1C(=O)N(c2ccc(O)cc2)C(=O)C1C. The fourth-order valence-electron chi connectivity index (χ4n) is 8.07. The molecule has 1 aromatic carbocycles. The summed E-state index contributed by atoms with van der Waals surface area (Å²) >= 11 is 0. The van der Waals surface area contributed by atoms with Crippen molar-refractivity contribution < 1.29 is 24.2 Å². The van der Waals surface area contributed by atoms with E-state index in [1.165, 1.54) is 23.5 Å². The molecule has 3 atom stereocenters. The summed E-state index contributed by atoms with van der Waals surface area (Å²) in [7, 11) is 0. The van der Waals surface area contributed by atoms with Gasteiger partial charge >= 0.3 is 5.97 Å². The zero-order chi connectivity index (χ0) is 24.4. The van der Waals surface area contributed by atoms with E-state index in [1.807, 2.05) is 6.92 Å². The number of nitrogens with zero attached hydrogens (tertiary/aromatic N) is 1. The van der Waals surface area contributed by atoms with Crippen LogP contribution in [0.3, 0.4) is 0 Å². The second-order valence-electron chi connectivity index (χ2n) is 11.6. The van der Waals surface area contributed by atoms with E-state index in [1.54, 1.807) is 26.0 Å². The molecule has 3 unspecified atom stereocenters. The molecule has 1 N–H and O–H groups in total. The molecule has 2 amide bonds. The van der Waals surface area contributed by atoms with Crippen LogP contribution in [0.15, 0.2) is 24.3 Å². The van der Waals surface area contributed by atoms with Crippen molar-refractivity contribution in [2.24, 2.45) is 40.9 Å². The van der Waals surface area contributed by atoms with Crippen LogP contribution in [-0.4, -0.2) is 28.5 Å². The van der Waals surface area contributed by atoms with Crippen LogP contribution in [0.5, 0.6) is 5.75 Å². The quantitative estimate of drug-likeness (QED) is 0.466. The van der Waals surface area contributed by atoms with Crippen LogP contribution in [0, 0.1) is 40.9 Å². The van der Waals surface area contributed by atoms with E-state index in [-0.39, 0.29) is 23.5 Å². The van der Waals surface area contributed by atoms with Crippen molar-refractivity contribution in [1.82, 2.24) is 0 Å². The number of phenolic OH excluding ortho intramolecular Hbond substituents is 1. The maximum Gasteiger partial charge on any atom is 0.313 e. The number of imide groups is 1. The number of amides is 2. The highest BCUT2D eigenvalue weighted by Crippen LogP contribution is 2.61. The molecule has 5 aliphatic rings. The highest BCUT2D eigenvalue weighted by atomic mass is 16.6. The predicted octanol–water partition coefficient (Wildman–Crippen LogP) is 5.08. The van der Waals surface area contributed by atoms with Crippen molar-refractivity contribution in [3.8, 4) is 5.75 Å². The topological polar surface area (TPSA) is 83.9 Å². The summed E-state index contributed by atoms with van der Waals surface area (Å²) in [5.41, 5.74) is -1.11. The van der Waals surface area contributed by atoms with Gasteiger partial charge in [0.25, 0.3) is 0 Å². The lowest BCUT2D eigenvalue weighted by atomic mass is 9.49. The first kappa shape index (κ1) is 23.4. The molecule has 6 nitrogen and oxygen atoms in total. The number of carbonyl (C=O) groups is 3. The minimum absolute atomic E-state index is 0.0648. The summed E-state index contributed by atoms with van der Waals surface area (Å²) in [6.45, 7) is 7.59. The fourth-order valence-corrected chi connectivity index (χ4v) is 8.07. The van der Waals surface area contributed by atoms with Crippen LogP contribution in [0.1, 0.15) is 72.6 Å². The lowest BCUT2D eigenvalue weighted by Crippen LogP contribution is -2.60. The van der Waals surface area contributed by atoms with Crippen LogP contribution < -0.4 is 4.90 Å². The van der Waals surface area contributed by atoms with E-state index >= 15 is 0 Å². The van der Waals surface area contributed by atoms with Crippen molar-refractivity contribution in [3.05, 3.63) is 24.3 Å². The average molecular weight is 468 g/mol. The summed E-state index contributed by atoms with van der Waals surface area (Å²) < 4.78 is 6.57. The Morgan fingerprint density at radius 2 is 1.59 bits per heavy atom. The van der Waals surface area contributed by atoms with Crippen molar-refractivity contribution in [1.29, 1.82) is 0 Å². The third-order valence-corrected chi connectivity index (χ3v) is 9.95. The summed E-state index contributed by atoms with van der Waals surface area (Å²) in [4.78, 5) is 42.0. The Morgan fingerprint density at radius 1 is 1.03 bits per heavy atom. The van der Waals surface area contributed by atoms with Gasteiger partial charge in [0.15, 0.2) is 0 Å². The van der Waals surface area contributed by atoms with Crippen molar-refractivity contribution >= 4 is 23.5 Å². The van der Waals surface area contributed by atoms with E-state index in [0.717, 1.165) is 43.9 Å². The van der Waals surface area contributed by atoms with Crippen LogP contribution in [0.25, 0.3) is 0 Å². The number of carbonyl (C=O) groups excluding carboxylic acids is 3. The first-order valence-corrected chi connectivity index (χ1v) is 13.0. The molecule has 4 bridgehead atoms. The van der Waals surface area contributed by atoms with Gasteiger partial charge in [-0.1, -0.05) is 20.8 Å². The van der Waals surface area contributed by atoms with Crippen molar-refractivity contribution in [3.63, 3.8) is 0 Å². The molecule has 34 heavy (non-hydrogen) atoms. The molecule has 0 aromatic heterocycles. The number of aromatic hydroxyl groups is 1. The normalized spacial score (nSPS) is 38.3. The lowest BCUT2D eigenvalue weighted by Gasteiger charge is -2.60. The van der Waals surface area contributed by atoms with Gasteiger partial charge in [0.1, 0.15) is 11.4 Å². The predicted molar refractivity (Wildman–Crippen MR) is 128 cm³/mol. The van der Waals surface area contributed by atoms with E-state index in [9.17, 15) is 19.5 Å². The molecular weight excluding hydrogens is 430 g/mol. The third kappa shape index (κ3) is 3.24.